The highest BCUT2D eigenvalue weighted by molar-refractivity contribution is 7.89. The summed E-state index contributed by atoms with van der Waals surface area (Å²) in [5.41, 5.74) is 6.68. The van der Waals surface area contributed by atoms with Crippen LogP contribution in [0.1, 0.15) is 11.1 Å². The molecule has 1 aromatic heterocycles. The lowest BCUT2D eigenvalue weighted by Gasteiger charge is -2.07. The number of halogens is 1. The summed E-state index contributed by atoms with van der Waals surface area (Å²) < 4.78 is 26.6. The van der Waals surface area contributed by atoms with E-state index in [9.17, 15) is 8.42 Å². The fourth-order valence-corrected chi connectivity index (χ4v) is 2.76. The van der Waals surface area contributed by atoms with Crippen LogP contribution >= 0.6 is 11.6 Å². The number of nitrogens with two attached hydrogens (primary N) is 1. The minimum atomic E-state index is -3.73. The molecule has 1 heterocycles. The van der Waals surface area contributed by atoms with Gasteiger partial charge in [-0.1, -0.05) is 23.7 Å². The fourth-order valence-electron chi connectivity index (χ4n) is 1.54. The highest BCUT2D eigenvalue weighted by Crippen LogP contribution is 2.19. The summed E-state index contributed by atoms with van der Waals surface area (Å²) in [7, 11) is -3.73. The predicted octanol–water partition coefficient (Wildman–Crippen LogP) is 1.67. The summed E-state index contributed by atoms with van der Waals surface area (Å²) in [6.07, 6.45) is 1.14. The zero-order valence-electron chi connectivity index (χ0n) is 10.7. The lowest BCUT2D eigenvalue weighted by atomic mass is 10.1. The van der Waals surface area contributed by atoms with Crippen molar-refractivity contribution in [2.24, 2.45) is 0 Å². The molecule has 8 heteroatoms. The summed E-state index contributed by atoms with van der Waals surface area (Å²) in [5.74, 6) is 0.0720. The molecule has 0 spiro atoms. The Kier molecular flexibility index (Phi) is 4.43. The second kappa shape index (κ2) is 6.10. The Morgan fingerprint density at radius 3 is 2.57 bits per heavy atom. The zero-order chi connectivity index (χ0) is 15.5. The van der Waals surface area contributed by atoms with Gasteiger partial charge in [0.2, 0.25) is 10.0 Å². The van der Waals surface area contributed by atoms with Crippen LogP contribution in [-0.4, -0.2) is 13.4 Å². The molecule has 0 unspecified atom stereocenters. The number of benzene rings is 1. The first-order valence-electron chi connectivity index (χ1n) is 5.82. The number of pyridine rings is 1. The average Bonchev–Trinajstić information content (AvgIpc) is 2.48. The first-order chi connectivity index (χ1) is 9.92. The third kappa shape index (κ3) is 3.70. The molecule has 3 N–H and O–H groups in total. The summed E-state index contributed by atoms with van der Waals surface area (Å²) in [6, 6.07) is 9.82. The molecule has 6 nitrogen and oxygen atoms in total. The number of nitriles is 1. The van der Waals surface area contributed by atoms with E-state index in [1.807, 2.05) is 6.07 Å². The van der Waals surface area contributed by atoms with Gasteiger partial charge in [0, 0.05) is 12.7 Å². The third-order valence-corrected chi connectivity index (χ3v) is 4.38. The molecule has 2 aromatic rings. The first-order valence-corrected chi connectivity index (χ1v) is 7.68. The quantitative estimate of drug-likeness (QED) is 0.889. The number of hydrogen-bond donors (Lipinski definition) is 2. The van der Waals surface area contributed by atoms with Crippen LogP contribution in [0.2, 0.25) is 5.02 Å². The first kappa shape index (κ1) is 15.3. The van der Waals surface area contributed by atoms with Crippen LogP contribution in [0.15, 0.2) is 41.4 Å². The molecule has 0 aliphatic carbocycles. The van der Waals surface area contributed by atoms with Crippen molar-refractivity contribution >= 4 is 27.4 Å². The molecule has 0 atom stereocenters. The van der Waals surface area contributed by atoms with Crippen LogP contribution in [-0.2, 0) is 16.6 Å². The van der Waals surface area contributed by atoms with Crippen molar-refractivity contribution < 1.29 is 8.42 Å². The summed E-state index contributed by atoms with van der Waals surface area (Å²) in [4.78, 5) is 3.65. The Hall–Kier alpha value is -2.14. The van der Waals surface area contributed by atoms with Gasteiger partial charge >= 0.3 is 0 Å². The molecule has 21 heavy (non-hydrogen) atoms. The van der Waals surface area contributed by atoms with Crippen LogP contribution < -0.4 is 10.5 Å². The Morgan fingerprint density at radius 1 is 1.33 bits per heavy atom. The van der Waals surface area contributed by atoms with Gasteiger partial charge in [-0.3, -0.25) is 0 Å². The Labute approximate surface area is 127 Å². The van der Waals surface area contributed by atoms with Gasteiger partial charge in [-0.2, -0.15) is 5.26 Å². The van der Waals surface area contributed by atoms with Crippen molar-refractivity contribution in [3.05, 3.63) is 52.7 Å². The van der Waals surface area contributed by atoms with Crippen LogP contribution in [0.5, 0.6) is 0 Å². The van der Waals surface area contributed by atoms with Crippen molar-refractivity contribution in [3.8, 4) is 6.07 Å². The molecule has 0 aliphatic heterocycles. The van der Waals surface area contributed by atoms with E-state index in [4.69, 9.17) is 22.6 Å². The number of rotatable bonds is 4. The highest BCUT2D eigenvalue weighted by Gasteiger charge is 2.15. The molecule has 0 saturated carbocycles. The number of sulfonamides is 1. The van der Waals surface area contributed by atoms with Crippen molar-refractivity contribution in [2.75, 3.05) is 5.73 Å². The summed E-state index contributed by atoms with van der Waals surface area (Å²) in [6.45, 7) is 0.0933. The van der Waals surface area contributed by atoms with Gasteiger partial charge in [0.25, 0.3) is 0 Å². The van der Waals surface area contributed by atoms with Crippen molar-refractivity contribution in [1.82, 2.24) is 9.71 Å². The summed E-state index contributed by atoms with van der Waals surface area (Å²) in [5, 5.41) is 8.77. The predicted molar refractivity (Wildman–Crippen MR) is 78.8 cm³/mol. The largest absolute Gasteiger partial charge is 0.382 e. The van der Waals surface area contributed by atoms with Crippen molar-refractivity contribution in [1.29, 1.82) is 5.26 Å². The molecule has 1 aromatic carbocycles. The van der Waals surface area contributed by atoms with E-state index in [0.29, 0.717) is 5.56 Å². The van der Waals surface area contributed by atoms with E-state index in [1.54, 1.807) is 24.3 Å². The lowest BCUT2D eigenvalue weighted by Crippen LogP contribution is -2.23. The summed E-state index contributed by atoms with van der Waals surface area (Å²) >= 11 is 5.76. The van der Waals surface area contributed by atoms with E-state index in [0.717, 1.165) is 11.8 Å². The number of nitrogen functional groups attached to an aromatic ring is 1. The van der Waals surface area contributed by atoms with E-state index >= 15 is 0 Å². The van der Waals surface area contributed by atoms with Crippen LogP contribution in [0.4, 0.5) is 5.82 Å². The standard InChI is InChI=1S/C13H11ClN4O2S/c14-12-5-11(8-17-13(12)16)21(19,20)18-7-10-3-1-9(6-15)2-4-10/h1-5,8,18H,7H2,(H2,16,17). The molecule has 0 saturated heterocycles. The SMILES string of the molecule is N#Cc1ccc(CNS(=O)(=O)c2cnc(N)c(Cl)c2)cc1. The molecule has 0 aliphatic rings. The lowest BCUT2D eigenvalue weighted by molar-refractivity contribution is 0.581. The zero-order valence-corrected chi connectivity index (χ0v) is 12.3. The van der Waals surface area contributed by atoms with E-state index in [2.05, 4.69) is 9.71 Å². The van der Waals surface area contributed by atoms with Crippen LogP contribution in [0, 0.1) is 11.3 Å². The minimum absolute atomic E-state index is 0.0599. The Bertz CT molecular complexity index is 798. The maximum Gasteiger partial charge on any atom is 0.242 e. The second-order valence-electron chi connectivity index (χ2n) is 4.17. The average molecular weight is 323 g/mol. The van der Waals surface area contributed by atoms with Gasteiger partial charge in [-0.15, -0.1) is 0 Å². The maximum atomic E-state index is 12.1. The topological polar surface area (TPSA) is 109 Å². The van der Waals surface area contributed by atoms with Crippen molar-refractivity contribution in [2.45, 2.75) is 11.4 Å². The van der Waals surface area contributed by atoms with Gasteiger partial charge in [0.05, 0.1) is 16.7 Å². The molecular formula is C13H11ClN4O2S. The maximum absolute atomic E-state index is 12.1. The van der Waals surface area contributed by atoms with E-state index in [-0.39, 0.29) is 22.3 Å². The monoisotopic (exact) mass is 322 g/mol. The third-order valence-electron chi connectivity index (χ3n) is 2.70. The van der Waals surface area contributed by atoms with Gasteiger partial charge in [0.1, 0.15) is 10.7 Å². The van der Waals surface area contributed by atoms with E-state index in [1.165, 1.54) is 6.07 Å². The van der Waals surface area contributed by atoms with Gasteiger partial charge in [0.15, 0.2) is 0 Å². The van der Waals surface area contributed by atoms with Gasteiger partial charge < -0.3 is 5.73 Å². The van der Waals surface area contributed by atoms with E-state index < -0.39 is 10.0 Å². The normalized spacial score (nSPS) is 11.0. The molecule has 0 fully saturated rings. The van der Waals surface area contributed by atoms with Gasteiger partial charge in [-0.05, 0) is 23.8 Å². The molecule has 0 radical (unpaired) electrons. The minimum Gasteiger partial charge on any atom is -0.382 e. The molecular weight excluding hydrogens is 312 g/mol. The Morgan fingerprint density at radius 2 is 2.00 bits per heavy atom. The molecule has 2 rings (SSSR count). The second-order valence-corrected chi connectivity index (χ2v) is 6.35. The van der Waals surface area contributed by atoms with Crippen LogP contribution in [0.3, 0.4) is 0 Å². The fraction of sp³-hybridized carbons (Fsp3) is 0.0769. The Balaban J connectivity index is 2.13. The molecule has 108 valence electrons. The smallest absolute Gasteiger partial charge is 0.242 e. The number of anilines is 1. The molecule has 0 bridgehead atoms. The number of nitrogens with zero attached hydrogens (tertiary/aromatic N) is 2. The van der Waals surface area contributed by atoms with Crippen LogP contribution in [0.25, 0.3) is 0 Å². The van der Waals surface area contributed by atoms with Gasteiger partial charge in [-0.25, -0.2) is 18.1 Å². The highest BCUT2D eigenvalue weighted by atomic mass is 35.5. The number of aromatic nitrogens is 1. The molecule has 0 amide bonds. The number of nitrogens with one attached hydrogen (secondary N) is 1. The van der Waals surface area contributed by atoms with Crippen molar-refractivity contribution in [3.63, 3.8) is 0 Å². The number of hydrogen-bond acceptors (Lipinski definition) is 5.